The SMILES string of the molecule is CCOCc1nc2cnc3ccccc3c2n1CC1(NC(=O)OC(C)(C)C)CCOCC1. The average Bonchev–Trinajstić information content (AvgIpc) is 3.08. The number of alkyl carbamates (subject to hydrolysis) is 1. The number of amides is 1. The third kappa shape index (κ3) is 4.86. The first-order chi connectivity index (χ1) is 15.3. The largest absolute Gasteiger partial charge is 0.444 e. The number of carbonyl (C=O) groups excluding carboxylic acids is 1. The second-order valence-corrected chi connectivity index (χ2v) is 9.28. The van der Waals surface area contributed by atoms with Crippen LogP contribution in [-0.4, -0.2) is 51.6 Å². The molecule has 0 bridgehead atoms. The summed E-state index contributed by atoms with van der Waals surface area (Å²) in [6.07, 6.45) is 2.76. The topological polar surface area (TPSA) is 87.5 Å². The van der Waals surface area contributed by atoms with Crippen molar-refractivity contribution in [3.8, 4) is 0 Å². The van der Waals surface area contributed by atoms with Crippen LogP contribution in [-0.2, 0) is 27.4 Å². The summed E-state index contributed by atoms with van der Waals surface area (Å²) >= 11 is 0. The lowest BCUT2D eigenvalue weighted by atomic mass is 9.89. The van der Waals surface area contributed by atoms with Crippen molar-refractivity contribution in [2.75, 3.05) is 19.8 Å². The molecule has 1 aliphatic rings. The van der Waals surface area contributed by atoms with Crippen LogP contribution >= 0.6 is 0 Å². The minimum Gasteiger partial charge on any atom is -0.444 e. The third-order valence-electron chi connectivity index (χ3n) is 5.67. The highest BCUT2D eigenvalue weighted by Crippen LogP contribution is 2.30. The Morgan fingerprint density at radius 1 is 1.22 bits per heavy atom. The number of ether oxygens (including phenoxy) is 3. The van der Waals surface area contributed by atoms with Crippen molar-refractivity contribution in [3.63, 3.8) is 0 Å². The molecule has 3 heterocycles. The summed E-state index contributed by atoms with van der Waals surface area (Å²) in [5.41, 5.74) is 1.64. The fraction of sp³-hybridized carbons (Fsp3) is 0.542. The Bertz CT molecular complexity index is 1100. The number of nitrogens with zero attached hydrogens (tertiary/aromatic N) is 3. The van der Waals surface area contributed by atoms with E-state index in [9.17, 15) is 4.79 Å². The van der Waals surface area contributed by atoms with Gasteiger partial charge in [0.25, 0.3) is 0 Å². The van der Waals surface area contributed by atoms with Gasteiger partial charge in [0.05, 0.1) is 22.8 Å². The molecule has 0 saturated carbocycles. The maximum atomic E-state index is 12.8. The van der Waals surface area contributed by atoms with E-state index in [0.717, 1.165) is 27.8 Å². The second-order valence-electron chi connectivity index (χ2n) is 9.28. The van der Waals surface area contributed by atoms with Gasteiger partial charge in [-0.3, -0.25) is 4.98 Å². The third-order valence-corrected chi connectivity index (χ3v) is 5.67. The number of carbonyl (C=O) groups is 1. The van der Waals surface area contributed by atoms with Gasteiger partial charge in [0.2, 0.25) is 0 Å². The van der Waals surface area contributed by atoms with Crippen LogP contribution in [0, 0.1) is 0 Å². The summed E-state index contributed by atoms with van der Waals surface area (Å²) in [7, 11) is 0. The molecule has 0 radical (unpaired) electrons. The predicted molar refractivity (Wildman–Crippen MR) is 123 cm³/mol. The maximum absolute atomic E-state index is 12.8. The molecule has 1 amide bonds. The van der Waals surface area contributed by atoms with Gasteiger partial charge >= 0.3 is 6.09 Å². The van der Waals surface area contributed by atoms with Crippen LogP contribution in [0.5, 0.6) is 0 Å². The standard InChI is InChI=1S/C24H32N4O4/c1-5-30-15-20-26-19-14-25-18-9-7-6-8-17(18)21(19)28(20)16-24(10-12-31-13-11-24)27-22(29)32-23(2,3)4/h6-9,14H,5,10-13,15-16H2,1-4H3,(H,27,29). The van der Waals surface area contributed by atoms with Gasteiger partial charge in [0.15, 0.2) is 0 Å². The van der Waals surface area contributed by atoms with Gasteiger partial charge in [-0.15, -0.1) is 0 Å². The minimum atomic E-state index is -0.569. The molecule has 0 aliphatic carbocycles. The molecular formula is C24H32N4O4. The Morgan fingerprint density at radius 2 is 1.97 bits per heavy atom. The Kier molecular flexibility index (Phi) is 6.35. The van der Waals surface area contributed by atoms with Crippen molar-refractivity contribution in [1.29, 1.82) is 0 Å². The monoisotopic (exact) mass is 440 g/mol. The lowest BCUT2D eigenvalue weighted by molar-refractivity contribution is 0.0117. The Hall–Kier alpha value is -2.71. The number of aromatic nitrogens is 3. The van der Waals surface area contributed by atoms with Gasteiger partial charge in [-0.2, -0.15) is 0 Å². The molecule has 8 nitrogen and oxygen atoms in total. The molecule has 1 aromatic carbocycles. The van der Waals surface area contributed by atoms with Crippen LogP contribution in [0.4, 0.5) is 4.79 Å². The summed E-state index contributed by atoms with van der Waals surface area (Å²) in [4.78, 5) is 22.2. The molecule has 1 fully saturated rings. The molecular weight excluding hydrogens is 408 g/mol. The highest BCUT2D eigenvalue weighted by atomic mass is 16.6. The number of imidazole rings is 1. The van der Waals surface area contributed by atoms with Crippen LogP contribution in [0.2, 0.25) is 0 Å². The number of rotatable bonds is 6. The van der Waals surface area contributed by atoms with Crippen molar-refractivity contribution in [1.82, 2.24) is 19.9 Å². The Balaban J connectivity index is 1.78. The summed E-state index contributed by atoms with van der Waals surface area (Å²) in [6, 6.07) is 8.04. The van der Waals surface area contributed by atoms with E-state index < -0.39 is 17.2 Å². The van der Waals surface area contributed by atoms with E-state index >= 15 is 0 Å². The van der Waals surface area contributed by atoms with E-state index in [1.165, 1.54) is 0 Å². The number of pyridine rings is 1. The van der Waals surface area contributed by atoms with Crippen LogP contribution in [0.1, 0.15) is 46.4 Å². The highest BCUT2D eigenvalue weighted by molar-refractivity contribution is 6.02. The van der Waals surface area contributed by atoms with E-state index in [2.05, 4.69) is 20.9 Å². The Labute approximate surface area is 188 Å². The fourth-order valence-corrected chi connectivity index (χ4v) is 4.19. The van der Waals surface area contributed by atoms with E-state index in [0.29, 0.717) is 45.8 Å². The van der Waals surface area contributed by atoms with Crippen LogP contribution < -0.4 is 5.32 Å². The number of hydrogen-bond acceptors (Lipinski definition) is 6. The molecule has 1 aliphatic heterocycles. The highest BCUT2D eigenvalue weighted by Gasteiger charge is 2.37. The number of para-hydroxylation sites is 1. The molecule has 0 unspecified atom stereocenters. The lowest BCUT2D eigenvalue weighted by Gasteiger charge is -2.39. The molecule has 4 rings (SSSR count). The molecule has 1 saturated heterocycles. The van der Waals surface area contributed by atoms with Gasteiger partial charge in [-0.1, -0.05) is 18.2 Å². The van der Waals surface area contributed by atoms with Crippen molar-refractivity contribution < 1.29 is 19.0 Å². The maximum Gasteiger partial charge on any atom is 0.408 e. The molecule has 3 aromatic rings. The molecule has 1 N–H and O–H groups in total. The van der Waals surface area contributed by atoms with Gasteiger partial charge in [-0.25, -0.2) is 9.78 Å². The first-order valence-corrected chi connectivity index (χ1v) is 11.2. The fourth-order valence-electron chi connectivity index (χ4n) is 4.19. The van der Waals surface area contributed by atoms with E-state index in [1.54, 1.807) is 0 Å². The van der Waals surface area contributed by atoms with Crippen molar-refractivity contribution in [2.45, 2.75) is 64.8 Å². The normalized spacial score (nSPS) is 16.4. The lowest BCUT2D eigenvalue weighted by Crippen LogP contribution is -2.55. The summed E-state index contributed by atoms with van der Waals surface area (Å²) < 4.78 is 19.1. The number of hydrogen-bond donors (Lipinski definition) is 1. The molecule has 0 atom stereocenters. The number of fused-ring (bicyclic) bond motifs is 3. The molecule has 0 spiro atoms. The minimum absolute atomic E-state index is 0.387. The first-order valence-electron chi connectivity index (χ1n) is 11.2. The first kappa shape index (κ1) is 22.5. The van der Waals surface area contributed by atoms with E-state index in [4.69, 9.17) is 19.2 Å². The van der Waals surface area contributed by atoms with Crippen LogP contribution in [0.3, 0.4) is 0 Å². The van der Waals surface area contributed by atoms with E-state index in [1.807, 2.05) is 52.1 Å². The smallest absolute Gasteiger partial charge is 0.408 e. The van der Waals surface area contributed by atoms with Crippen molar-refractivity contribution >= 4 is 28.0 Å². The van der Waals surface area contributed by atoms with Crippen LogP contribution in [0.15, 0.2) is 30.5 Å². The average molecular weight is 441 g/mol. The number of benzene rings is 1. The molecule has 8 heteroatoms. The quantitative estimate of drug-likeness (QED) is 0.618. The number of nitrogens with one attached hydrogen (secondary N) is 1. The van der Waals surface area contributed by atoms with Crippen LogP contribution in [0.25, 0.3) is 21.9 Å². The Morgan fingerprint density at radius 3 is 2.69 bits per heavy atom. The van der Waals surface area contributed by atoms with Crippen molar-refractivity contribution in [2.24, 2.45) is 0 Å². The van der Waals surface area contributed by atoms with Gasteiger partial charge < -0.3 is 24.1 Å². The predicted octanol–water partition coefficient (Wildman–Crippen LogP) is 4.19. The summed E-state index contributed by atoms with van der Waals surface area (Å²) in [5, 5.41) is 4.20. The van der Waals surface area contributed by atoms with Gasteiger partial charge in [0.1, 0.15) is 23.5 Å². The summed E-state index contributed by atoms with van der Waals surface area (Å²) in [5.74, 6) is 0.817. The van der Waals surface area contributed by atoms with E-state index in [-0.39, 0.29) is 0 Å². The van der Waals surface area contributed by atoms with Gasteiger partial charge in [0, 0.05) is 31.8 Å². The van der Waals surface area contributed by atoms with Crippen molar-refractivity contribution in [3.05, 3.63) is 36.3 Å². The molecule has 2 aromatic heterocycles. The molecule has 172 valence electrons. The zero-order valence-corrected chi connectivity index (χ0v) is 19.3. The van der Waals surface area contributed by atoms with Gasteiger partial charge in [-0.05, 0) is 46.6 Å². The zero-order chi connectivity index (χ0) is 22.8. The molecule has 32 heavy (non-hydrogen) atoms. The second kappa shape index (κ2) is 9.03. The summed E-state index contributed by atoms with van der Waals surface area (Å²) in [6.45, 7) is 10.2. The zero-order valence-electron chi connectivity index (χ0n) is 19.3.